The monoisotopic (exact) mass is 394 g/mol. The Morgan fingerprint density at radius 1 is 1.25 bits per heavy atom. The third kappa shape index (κ3) is 4.80. The second-order valence-corrected chi connectivity index (χ2v) is 7.78. The minimum atomic E-state index is -0.767. The summed E-state index contributed by atoms with van der Waals surface area (Å²) in [5.41, 5.74) is 0.979. The molecular weight excluding hydrogens is 372 g/mol. The SMILES string of the molecule is O=C(O)CN(CC1CC1)C1CC(NC(=O)Cc2ccccc2Br)C1. The highest BCUT2D eigenvalue weighted by Crippen LogP contribution is 2.33. The molecule has 2 aliphatic rings. The molecular formula is C18H23BrN2O3. The van der Waals surface area contributed by atoms with Crippen LogP contribution in [0.25, 0.3) is 0 Å². The maximum Gasteiger partial charge on any atom is 0.317 e. The van der Waals surface area contributed by atoms with Gasteiger partial charge in [0.05, 0.1) is 13.0 Å². The standard InChI is InChI=1S/C18H23BrN2O3/c19-16-4-2-1-3-13(16)7-17(22)20-14-8-15(9-14)21(11-18(23)24)10-12-5-6-12/h1-4,12,14-15H,5-11H2,(H,20,22)(H,23,24). The molecule has 1 aromatic rings. The van der Waals surface area contributed by atoms with E-state index >= 15 is 0 Å². The molecule has 1 aromatic carbocycles. The second-order valence-electron chi connectivity index (χ2n) is 6.92. The minimum Gasteiger partial charge on any atom is -0.480 e. The fourth-order valence-electron chi connectivity index (χ4n) is 3.25. The number of carboxylic acid groups (broad SMARTS) is 1. The summed E-state index contributed by atoms with van der Waals surface area (Å²) in [4.78, 5) is 25.3. The van der Waals surface area contributed by atoms with Gasteiger partial charge in [0.25, 0.3) is 0 Å². The van der Waals surface area contributed by atoms with Crippen molar-refractivity contribution in [1.29, 1.82) is 0 Å². The summed E-state index contributed by atoms with van der Waals surface area (Å²) in [5, 5.41) is 12.1. The molecule has 5 nitrogen and oxygen atoms in total. The molecule has 3 rings (SSSR count). The molecule has 0 radical (unpaired) electrons. The molecule has 6 heteroatoms. The molecule has 0 saturated heterocycles. The lowest BCUT2D eigenvalue weighted by atomic mass is 9.85. The Labute approximate surface area is 150 Å². The van der Waals surface area contributed by atoms with Crippen molar-refractivity contribution in [3.8, 4) is 0 Å². The molecule has 2 N–H and O–H groups in total. The van der Waals surface area contributed by atoms with E-state index in [0.29, 0.717) is 12.3 Å². The van der Waals surface area contributed by atoms with Gasteiger partial charge in [0.1, 0.15) is 0 Å². The van der Waals surface area contributed by atoms with E-state index in [-0.39, 0.29) is 24.5 Å². The van der Waals surface area contributed by atoms with Gasteiger partial charge in [0, 0.05) is 23.1 Å². The molecule has 0 bridgehead atoms. The number of nitrogens with zero attached hydrogens (tertiary/aromatic N) is 1. The van der Waals surface area contributed by atoms with Crippen LogP contribution in [-0.4, -0.2) is 47.1 Å². The fraction of sp³-hybridized carbons (Fsp3) is 0.556. The van der Waals surface area contributed by atoms with E-state index in [9.17, 15) is 9.59 Å². The highest BCUT2D eigenvalue weighted by atomic mass is 79.9. The summed E-state index contributed by atoms with van der Waals surface area (Å²) >= 11 is 3.46. The molecule has 2 saturated carbocycles. The first-order valence-corrected chi connectivity index (χ1v) is 9.29. The molecule has 0 atom stereocenters. The number of hydrogen-bond acceptors (Lipinski definition) is 3. The summed E-state index contributed by atoms with van der Waals surface area (Å²) in [6, 6.07) is 8.19. The first-order valence-electron chi connectivity index (χ1n) is 8.50. The smallest absolute Gasteiger partial charge is 0.317 e. The molecule has 0 spiro atoms. The van der Waals surface area contributed by atoms with Crippen molar-refractivity contribution in [3.63, 3.8) is 0 Å². The molecule has 24 heavy (non-hydrogen) atoms. The summed E-state index contributed by atoms with van der Waals surface area (Å²) in [6.45, 7) is 0.993. The van der Waals surface area contributed by atoms with Gasteiger partial charge in [-0.1, -0.05) is 34.1 Å². The lowest BCUT2D eigenvalue weighted by Gasteiger charge is -2.42. The Hall–Kier alpha value is -1.40. The van der Waals surface area contributed by atoms with Crippen molar-refractivity contribution < 1.29 is 14.7 Å². The largest absolute Gasteiger partial charge is 0.480 e. The van der Waals surface area contributed by atoms with Crippen LogP contribution in [0.5, 0.6) is 0 Å². The number of nitrogens with one attached hydrogen (secondary N) is 1. The van der Waals surface area contributed by atoms with Crippen molar-refractivity contribution in [2.45, 2.75) is 44.2 Å². The van der Waals surface area contributed by atoms with E-state index in [4.69, 9.17) is 5.11 Å². The van der Waals surface area contributed by atoms with Crippen molar-refractivity contribution in [3.05, 3.63) is 34.3 Å². The predicted octanol–water partition coefficient (Wildman–Crippen LogP) is 2.44. The third-order valence-electron chi connectivity index (χ3n) is 4.83. The number of hydrogen-bond donors (Lipinski definition) is 2. The zero-order valence-corrected chi connectivity index (χ0v) is 15.2. The van der Waals surface area contributed by atoms with Gasteiger partial charge in [-0.25, -0.2) is 0 Å². The quantitative estimate of drug-likeness (QED) is 0.710. The minimum absolute atomic E-state index is 0.0253. The van der Waals surface area contributed by atoms with E-state index in [1.54, 1.807) is 0 Å². The number of carbonyl (C=O) groups is 2. The summed E-state index contributed by atoms with van der Waals surface area (Å²) in [5.74, 6) is -0.0668. The van der Waals surface area contributed by atoms with Gasteiger partial charge in [0.2, 0.25) is 5.91 Å². The average molecular weight is 395 g/mol. The van der Waals surface area contributed by atoms with Crippen LogP contribution in [0.4, 0.5) is 0 Å². The third-order valence-corrected chi connectivity index (χ3v) is 5.61. The van der Waals surface area contributed by atoms with Crippen LogP contribution in [0.2, 0.25) is 0 Å². The summed E-state index contributed by atoms with van der Waals surface area (Å²) in [7, 11) is 0. The lowest BCUT2D eigenvalue weighted by Crippen LogP contribution is -2.55. The van der Waals surface area contributed by atoms with Gasteiger partial charge < -0.3 is 10.4 Å². The second kappa shape index (κ2) is 7.66. The highest BCUT2D eigenvalue weighted by Gasteiger charge is 2.37. The average Bonchev–Trinajstić information content (AvgIpc) is 3.28. The molecule has 130 valence electrons. The number of carbonyl (C=O) groups excluding carboxylic acids is 1. The molecule has 0 heterocycles. The van der Waals surface area contributed by atoms with Crippen LogP contribution >= 0.6 is 15.9 Å². The van der Waals surface area contributed by atoms with Crippen molar-refractivity contribution >= 4 is 27.8 Å². The van der Waals surface area contributed by atoms with E-state index in [1.165, 1.54) is 12.8 Å². The normalized spacial score (nSPS) is 22.9. The van der Waals surface area contributed by atoms with Gasteiger partial charge in [-0.15, -0.1) is 0 Å². The number of halogens is 1. The molecule has 2 fully saturated rings. The molecule has 1 amide bonds. The first kappa shape index (κ1) is 17.4. The van der Waals surface area contributed by atoms with Crippen LogP contribution in [-0.2, 0) is 16.0 Å². The molecule has 0 unspecified atom stereocenters. The zero-order chi connectivity index (χ0) is 17.1. The van der Waals surface area contributed by atoms with E-state index in [1.807, 2.05) is 24.3 Å². The molecule has 0 aliphatic heterocycles. The Morgan fingerprint density at radius 3 is 2.58 bits per heavy atom. The Bertz CT molecular complexity index is 612. The van der Waals surface area contributed by atoms with E-state index in [2.05, 4.69) is 26.1 Å². The number of carboxylic acids is 1. The number of amides is 1. The number of rotatable bonds is 8. The van der Waals surface area contributed by atoms with Gasteiger partial charge in [-0.05, 0) is 43.2 Å². The van der Waals surface area contributed by atoms with Crippen molar-refractivity contribution in [2.75, 3.05) is 13.1 Å². The van der Waals surface area contributed by atoms with E-state index in [0.717, 1.165) is 29.4 Å². The summed E-state index contributed by atoms with van der Waals surface area (Å²) < 4.78 is 0.948. The highest BCUT2D eigenvalue weighted by molar-refractivity contribution is 9.10. The lowest BCUT2D eigenvalue weighted by molar-refractivity contribution is -0.140. The Balaban J connectivity index is 1.44. The van der Waals surface area contributed by atoms with Gasteiger partial charge in [-0.2, -0.15) is 0 Å². The van der Waals surface area contributed by atoms with Gasteiger partial charge >= 0.3 is 5.97 Å². The molecule has 0 aromatic heterocycles. The van der Waals surface area contributed by atoms with Crippen molar-refractivity contribution in [1.82, 2.24) is 10.2 Å². The van der Waals surface area contributed by atoms with Crippen LogP contribution < -0.4 is 5.32 Å². The van der Waals surface area contributed by atoms with Crippen LogP contribution in [0.1, 0.15) is 31.2 Å². The predicted molar refractivity (Wildman–Crippen MR) is 94.7 cm³/mol. The van der Waals surface area contributed by atoms with Crippen molar-refractivity contribution in [2.24, 2.45) is 5.92 Å². The van der Waals surface area contributed by atoms with Crippen LogP contribution in [0.3, 0.4) is 0 Å². The number of aliphatic carboxylic acids is 1. The first-order chi connectivity index (χ1) is 11.5. The summed E-state index contributed by atoms with van der Waals surface area (Å²) in [6.07, 6.45) is 4.50. The van der Waals surface area contributed by atoms with E-state index < -0.39 is 5.97 Å². The molecule has 2 aliphatic carbocycles. The van der Waals surface area contributed by atoms with Gasteiger partial charge in [-0.3, -0.25) is 14.5 Å². The van der Waals surface area contributed by atoms with Crippen LogP contribution in [0.15, 0.2) is 28.7 Å². The Kier molecular flexibility index (Phi) is 5.56. The maximum atomic E-state index is 12.2. The maximum absolute atomic E-state index is 12.2. The van der Waals surface area contributed by atoms with Gasteiger partial charge in [0.15, 0.2) is 0 Å². The Morgan fingerprint density at radius 2 is 1.96 bits per heavy atom. The number of benzene rings is 1. The van der Waals surface area contributed by atoms with Crippen LogP contribution in [0, 0.1) is 5.92 Å². The topological polar surface area (TPSA) is 69.6 Å². The fourth-order valence-corrected chi connectivity index (χ4v) is 3.67. The zero-order valence-electron chi connectivity index (χ0n) is 13.6.